The molecule has 1 aromatic rings. The lowest BCUT2D eigenvalue weighted by Gasteiger charge is -2.18. The van der Waals surface area contributed by atoms with Crippen molar-refractivity contribution in [1.82, 2.24) is 0 Å². The number of aliphatic hydroxyl groups is 2. The maximum atomic E-state index is 12.3. The van der Waals surface area contributed by atoms with E-state index in [0.717, 1.165) is 12.1 Å². The van der Waals surface area contributed by atoms with E-state index in [1.807, 2.05) is 18.2 Å². The van der Waals surface area contributed by atoms with Gasteiger partial charge in [0.15, 0.2) is 0 Å². The average molecular weight is 302 g/mol. The lowest BCUT2D eigenvalue weighted by atomic mass is 10.3. The number of thioether (sulfide) groups is 1. The maximum Gasteiger partial charge on any atom is 0.240 e. The number of hydrogen-bond acceptors (Lipinski definition) is 4. The van der Waals surface area contributed by atoms with Crippen LogP contribution in [0.15, 0.2) is 24.3 Å². The van der Waals surface area contributed by atoms with E-state index in [1.165, 1.54) is 11.8 Å². The first-order chi connectivity index (χ1) is 9.13. The highest BCUT2D eigenvalue weighted by Crippen LogP contribution is 2.32. The molecule has 1 aliphatic rings. The van der Waals surface area contributed by atoms with Crippen LogP contribution >= 0.6 is 23.4 Å². The second-order valence-corrected chi connectivity index (χ2v) is 6.03. The van der Waals surface area contributed by atoms with E-state index < -0.39 is 6.10 Å². The molecule has 1 amide bonds. The summed E-state index contributed by atoms with van der Waals surface area (Å²) in [7, 11) is 0. The van der Waals surface area contributed by atoms with Crippen LogP contribution in [0.3, 0.4) is 0 Å². The van der Waals surface area contributed by atoms with Crippen LogP contribution in [0.25, 0.3) is 0 Å². The van der Waals surface area contributed by atoms with Crippen LogP contribution in [-0.4, -0.2) is 46.4 Å². The molecule has 0 aromatic heterocycles. The number of nitrogens with zero attached hydrogens (tertiary/aromatic N) is 1. The fourth-order valence-corrected chi connectivity index (χ4v) is 3.34. The number of carbonyl (C=O) groups is 1. The van der Waals surface area contributed by atoms with Crippen LogP contribution in [0.4, 0.5) is 5.69 Å². The lowest BCUT2D eigenvalue weighted by molar-refractivity contribution is -0.116. The second-order valence-electron chi connectivity index (χ2n) is 4.39. The highest BCUT2D eigenvalue weighted by Gasteiger charge is 2.33. The fraction of sp³-hybridized carbons (Fsp3) is 0.462. The van der Waals surface area contributed by atoms with E-state index in [1.54, 1.807) is 11.0 Å². The van der Waals surface area contributed by atoms with Gasteiger partial charge >= 0.3 is 0 Å². The molecular weight excluding hydrogens is 286 g/mol. The number of halogens is 1. The van der Waals surface area contributed by atoms with Gasteiger partial charge in [-0.2, -0.15) is 0 Å². The number of hydrogen-bond donors (Lipinski definition) is 2. The van der Waals surface area contributed by atoms with Crippen molar-refractivity contribution in [2.45, 2.75) is 17.8 Å². The fourth-order valence-electron chi connectivity index (χ4n) is 2.00. The largest absolute Gasteiger partial charge is 0.394 e. The van der Waals surface area contributed by atoms with Gasteiger partial charge in [-0.15, -0.1) is 11.8 Å². The minimum atomic E-state index is -0.771. The van der Waals surface area contributed by atoms with Gasteiger partial charge in [0.05, 0.1) is 28.7 Å². The predicted octanol–water partition coefficient (Wildman–Crippen LogP) is 1.53. The van der Waals surface area contributed by atoms with Gasteiger partial charge in [-0.1, -0.05) is 23.7 Å². The van der Waals surface area contributed by atoms with Gasteiger partial charge in [0.2, 0.25) is 5.91 Å². The summed E-state index contributed by atoms with van der Waals surface area (Å²) in [5.74, 6) is 0.381. The molecule has 6 heteroatoms. The molecule has 0 bridgehead atoms. The summed E-state index contributed by atoms with van der Waals surface area (Å²) in [5, 5.41) is 18.5. The monoisotopic (exact) mass is 301 g/mol. The molecular formula is C13H16ClNO3S. The smallest absolute Gasteiger partial charge is 0.240 e. The Labute approximate surface area is 121 Å². The highest BCUT2D eigenvalue weighted by atomic mass is 35.5. The first-order valence-electron chi connectivity index (χ1n) is 6.10. The molecule has 2 N–H and O–H groups in total. The third-order valence-corrected chi connectivity index (χ3v) is 4.74. The van der Waals surface area contributed by atoms with Crippen LogP contribution in [0, 0.1) is 0 Å². The van der Waals surface area contributed by atoms with Crippen LogP contribution in [0.2, 0.25) is 5.02 Å². The zero-order chi connectivity index (χ0) is 13.8. The zero-order valence-corrected chi connectivity index (χ0v) is 11.9. The topological polar surface area (TPSA) is 60.8 Å². The average Bonchev–Trinajstić information content (AvgIpc) is 2.78. The summed E-state index contributed by atoms with van der Waals surface area (Å²) in [5.41, 5.74) is 0.736. The molecule has 4 nitrogen and oxygen atoms in total. The molecule has 0 radical (unpaired) electrons. The lowest BCUT2D eigenvalue weighted by Crippen LogP contribution is -2.29. The third-order valence-electron chi connectivity index (χ3n) is 3.00. The molecule has 0 unspecified atom stereocenters. The molecule has 1 fully saturated rings. The van der Waals surface area contributed by atoms with E-state index in [2.05, 4.69) is 0 Å². The van der Waals surface area contributed by atoms with Gasteiger partial charge in [0, 0.05) is 12.3 Å². The van der Waals surface area contributed by atoms with Crippen molar-refractivity contribution in [3.8, 4) is 0 Å². The number of aliphatic hydroxyl groups excluding tert-OH is 2. The Hall–Kier alpha value is -0.750. The number of para-hydroxylation sites is 1. The van der Waals surface area contributed by atoms with Crippen LogP contribution < -0.4 is 4.90 Å². The Morgan fingerprint density at radius 1 is 1.47 bits per heavy atom. The minimum absolute atomic E-state index is 0.0169. The third kappa shape index (κ3) is 3.42. The highest BCUT2D eigenvalue weighted by molar-refractivity contribution is 8.00. The predicted molar refractivity (Wildman–Crippen MR) is 77.8 cm³/mol. The molecule has 1 heterocycles. The van der Waals surface area contributed by atoms with Crippen molar-refractivity contribution in [3.63, 3.8) is 0 Å². The first-order valence-corrected chi connectivity index (χ1v) is 7.52. The Morgan fingerprint density at radius 2 is 2.21 bits per heavy atom. The maximum absolute atomic E-state index is 12.3. The van der Waals surface area contributed by atoms with Crippen LogP contribution in [-0.2, 0) is 4.79 Å². The van der Waals surface area contributed by atoms with E-state index in [4.69, 9.17) is 16.7 Å². The quantitative estimate of drug-likeness (QED) is 0.866. The number of amides is 1. The summed E-state index contributed by atoms with van der Waals surface area (Å²) in [6.45, 7) is 0.359. The first kappa shape index (κ1) is 14.7. The molecule has 104 valence electrons. The summed E-state index contributed by atoms with van der Waals surface area (Å²) in [6.07, 6.45) is -0.0421. The number of benzene rings is 1. The van der Waals surface area contributed by atoms with Crippen LogP contribution in [0.5, 0.6) is 0 Å². The Morgan fingerprint density at radius 3 is 2.89 bits per heavy atom. The zero-order valence-electron chi connectivity index (χ0n) is 10.3. The molecule has 1 saturated heterocycles. The molecule has 0 aliphatic carbocycles. The van der Waals surface area contributed by atoms with Gasteiger partial charge < -0.3 is 15.1 Å². The summed E-state index contributed by atoms with van der Waals surface area (Å²) in [4.78, 5) is 13.9. The SMILES string of the molecule is O=C1[C@H](SC[C@@H](O)CO)CCN1c1ccccc1Cl. The Bertz CT molecular complexity index is 457. The molecule has 19 heavy (non-hydrogen) atoms. The standard InChI is InChI=1S/C13H16ClNO3S/c14-10-3-1-2-4-11(10)15-6-5-12(13(15)18)19-8-9(17)7-16/h1-4,9,12,16-17H,5-8H2/t9-,12+/m0/s1. The van der Waals surface area contributed by atoms with Crippen molar-refractivity contribution in [3.05, 3.63) is 29.3 Å². The van der Waals surface area contributed by atoms with Gasteiger partial charge in [0.1, 0.15) is 0 Å². The number of carbonyl (C=O) groups excluding carboxylic acids is 1. The van der Waals surface area contributed by atoms with Crippen LogP contribution in [0.1, 0.15) is 6.42 Å². The van der Waals surface area contributed by atoms with Crippen molar-refractivity contribution in [2.75, 3.05) is 23.8 Å². The molecule has 1 aromatic carbocycles. The Kier molecular flexibility index (Phi) is 5.10. The molecule has 0 spiro atoms. The summed E-state index contributed by atoms with van der Waals surface area (Å²) >= 11 is 7.48. The van der Waals surface area contributed by atoms with Crippen molar-refractivity contribution < 1.29 is 15.0 Å². The number of rotatable bonds is 5. The van der Waals surface area contributed by atoms with E-state index in [-0.39, 0.29) is 17.8 Å². The van der Waals surface area contributed by atoms with Gasteiger partial charge in [0.25, 0.3) is 0 Å². The van der Waals surface area contributed by atoms with Crippen molar-refractivity contribution >= 4 is 35.0 Å². The Balaban J connectivity index is 2.00. The van der Waals surface area contributed by atoms with Gasteiger partial charge in [-0.25, -0.2) is 0 Å². The van der Waals surface area contributed by atoms with Crippen molar-refractivity contribution in [2.24, 2.45) is 0 Å². The van der Waals surface area contributed by atoms with Gasteiger partial charge in [-0.05, 0) is 18.6 Å². The molecule has 1 aliphatic heterocycles. The molecule has 2 rings (SSSR count). The normalized spacial score (nSPS) is 20.9. The minimum Gasteiger partial charge on any atom is -0.394 e. The van der Waals surface area contributed by atoms with Gasteiger partial charge in [-0.3, -0.25) is 4.79 Å². The van der Waals surface area contributed by atoms with E-state index >= 15 is 0 Å². The summed E-state index contributed by atoms with van der Waals surface area (Å²) in [6, 6.07) is 7.27. The number of anilines is 1. The second kappa shape index (κ2) is 6.61. The van der Waals surface area contributed by atoms with E-state index in [0.29, 0.717) is 17.3 Å². The van der Waals surface area contributed by atoms with E-state index in [9.17, 15) is 9.90 Å². The molecule has 0 saturated carbocycles. The molecule has 2 atom stereocenters. The summed E-state index contributed by atoms with van der Waals surface area (Å²) < 4.78 is 0. The van der Waals surface area contributed by atoms with Crippen molar-refractivity contribution in [1.29, 1.82) is 0 Å².